The molecule has 30 heavy (non-hydrogen) atoms. The van der Waals surface area contributed by atoms with Gasteiger partial charge in [-0.25, -0.2) is 4.68 Å². The second-order valence-electron chi connectivity index (χ2n) is 7.37. The second-order valence-corrected chi connectivity index (χ2v) is 7.37. The number of methoxy groups -OCH3 is 1. The van der Waals surface area contributed by atoms with Gasteiger partial charge in [0.15, 0.2) is 11.6 Å². The molecule has 0 radical (unpaired) electrons. The summed E-state index contributed by atoms with van der Waals surface area (Å²) < 4.78 is 6.85. The lowest BCUT2D eigenvalue weighted by Crippen LogP contribution is -2.43. The van der Waals surface area contributed by atoms with Crippen molar-refractivity contribution in [2.24, 2.45) is 5.92 Å². The number of piperidine rings is 1. The standard InChI is InChI=1S/C22H26N6O2/c1-30-19-7-5-17(6-8-19)11-13-23-22(29)18-4-2-14-27(16-18)20-9-10-21(26-25-20)28-15-3-12-24-28/h3,5-10,12,15,18H,2,4,11,13-14,16H2,1H3,(H,23,29). The van der Waals surface area contributed by atoms with Crippen molar-refractivity contribution in [2.75, 3.05) is 31.6 Å². The molecular weight excluding hydrogens is 380 g/mol. The Morgan fingerprint density at radius 3 is 2.67 bits per heavy atom. The van der Waals surface area contributed by atoms with Gasteiger partial charge in [0, 0.05) is 32.0 Å². The van der Waals surface area contributed by atoms with Gasteiger partial charge in [-0.1, -0.05) is 12.1 Å². The maximum Gasteiger partial charge on any atom is 0.224 e. The molecule has 4 rings (SSSR count). The fourth-order valence-corrected chi connectivity index (χ4v) is 3.68. The van der Waals surface area contributed by atoms with Crippen LogP contribution in [0.25, 0.3) is 5.82 Å². The van der Waals surface area contributed by atoms with E-state index >= 15 is 0 Å². The third-order valence-corrected chi connectivity index (χ3v) is 5.36. The Labute approximate surface area is 175 Å². The summed E-state index contributed by atoms with van der Waals surface area (Å²) in [5, 5.41) is 15.9. The largest absolute Gasteiger partial charge is 0.497 e. The Bertz CT molecular complexity index is 941. The highest BCUT2D eigenvalue weighted by Gasteiger charge is 2.26. The zero-order valence-electron chi connectivity index (χ0n) is 17.1. The average molecular weight is 406 g/mol. The summed E-state index contributed by atoms with van der Waals surface area (Å²) in [4.78, 5) is 14.8. The number of benzene rings is 1. The Hall–Kier alpha value is -3.42. The van der Waals surface area contributed by atoms with Gasteiger partial charge in [-0.2, -0.15) is 5.10 Å². The van der Waals surface area contributed by atoms with Gasteiger partial charge in [0.05, 0.1) is 13.0 Å². The van der Waals surface area contributed by atoms with E-state index in [2.05, 4.69) is 25.5 Å². The third-order valence-electron chi connectivity index (χ3n) is 5.36. The van der Waals surface area contributed by atoms with Gasteiger partial charge in [-0.15, -0.1) is 10.2 Å². The topological polar surface area (TPSA) is 85.2 Å². The van der Waals surface area contributed by atoms with E-state index in [1.54, 1.807) is 18.0 Å². The van der Waals surface area contributed by atoms with Crippen LogP contribution in [0.2, 0.25) is 0 Å². The number of carbonyl (C=O) groups excluding carboxylic acids is 1. The second kappa shape index (κ2) is 9.39. The highest BCUT2D eigenvalue weighted by atomic mass is 16.5. The molecule has 1 amide bonds. The van der Waals surface area contributed by atoms with E-state index < -0.39 is 0 Å². The molecule has 3 heterocycles. The average Bonchev–Trinajstić information content (AvgIpc) is 3.35. The molecule has 1 aliphatic heterocycles. The van der Waals surface area contributed by atoms with Crippen LogP contribution < -0.4 is 15.0 Å². The normalized spacial score (nSPS) is 16.3. The van der Waals surface area contributed by atoms with Crippen LogP contribution in [0.3, 0.4) is 0 Å². The molecule has 1 unspecified atom stereocenters. The maximum atomic E-state index is 12.7. The molecule has 3 aromatic rings. The van der Waals surface area contributed by atoms with Crippen molar-refractivity contribution in [2.45, 2.75) is 19.3 Å². The van der Waals surface area contributed by atoms with E-state index in [1.807, 2.05) is 48.7 Å². The fourth-order valence-electron chi connectivity index (χ4n) is 3.68. The minimum atomic E-state index is -0.0396. The van der Waals surface area contributed by atoms with Gasteiger partial charge < -0.3 is 15.0 Å². The maximum absolute atomic E-state index is 12.7. The number of hydrogen-bond acceptors (Lipinski definition) is 6. The van der Waals surface area contributed by atoms with Crippen molar-refractivity contribution in [1.82, 2.24) is 25.3 Å². The monoisotopic (exact) mass is 406 g/mol. The van der Waals surface area contributed by atoms with Crippen LogP contribution in [0.4, 0.5) is 5.82 Å². The van der Waals surface area contributed by atoms with Gasteiger partial charge in [0.1, 0.15) is 5.75 Å². The van der Waals surface area contributed by atoms with Crippen LogP contribution in [-0.2, 0) is 11.2 Å². The lowest BCUT2D eigenvalue weighted by molar-refractivity contribution is -0.125. The highest BCUT2D eigenvalue weighted by molar-refractivity contribution is 5.79. The van der Waals surface area contributed by atoms with E-state index in [0.29, 0.717) is 18.9 Å². The summed E-state index contributed by atoms with van der Waals surface area (Å²) in [5.41, 5.74) is 1.17. The van der Waals surface area contributed by atoms with Gasteiger partial charge in [0.25, 0.3) is 0 Å². The zero-order valence-corrected chi connectivity index (χ0v) is 17.1. The minimum absolute atomic E-state index is 0.0396. The van der Waals surface area contributed by atoms with E-state index in [0.717, 1.165) is 37.4 Å². The van der Waals surface area contributed by atoms with Crippen LogP contribution in [0, 0.1) is 5.92 Å². The summed E-state index contributed by atoms with van der Waals surface area (Å²) in [5.74, 6) is 2.37. The molecule has 2 aromatic heterocycles. The fraction of sp³-hybridized carbons (Fsp3) is 0.364. The van der Waals surface area contributed by atoms with Crippen LogP contribution in [0.5, 0.6) is 5.75 Å². The summed E-state index contributed by atoms with van der Waals surface area (Å²) in [7, 11) is 1.65. The van der Waals surface area contributed by atoms with Crippen LogP contribution >= 0.6 is 0 Å². The van der Waals surface area contributed by atoms with Crippen molar-refractivity contribution >= 4 is 11.7 Å². The number of ether oxygens (including phenoxy) is 1. The molecular formula is C22H26N6O2. The summed E-state index contributed by atoms with van der Waals surface area (Å²) in [6, 6.07) is 13.6. The number of carbonyl (C=O) groups is 1. The molecule has 8 nitrogen and oxygen atoms in total. The lowest BCUT2D eigenvalue weighted by atomic mass is 9.97. The van der Waals surface area contributed by atoms with Gasteiger partial charge in [-0.05, 0) is 55.2 Å². The van der Waals surface area contributed by atoms with Crippen LogP contribution in [-0.4, -0.2) is 52.6 Å². The van der Waals surface area contributed by atoms with E-state index in [-0.39, 0.29) is 11.8 Å². The number of nitrogens with one attached hydrogen (secondary N) is 1. The molecule has 1 saturated heterocycles. The number of aromatic nitrogens is 4. The molecule has 0 bridgehead atoms. The third kappa shape index (κ3) is 4.76. The Morgan fingerprint density at radius 2 is 1.97 bits per heavy atom. The smallest absolute Gasteiger partial charge is 0.224 e. The van der Waals surface area contributed by atoms with E-state index in [4.69, 9.17) is 4.74 Å². The summed E-state index contributed by atoms with van der Waals surface area (Å²) in [6.07, 6.45) is 6.18. The first-order valence-corrected chi connectivity index (χ1v) is 10.2. The zero-order chi connectivity index (χ0) is 20.8. The predicted molar refractivity (Wildman–Crippen MR) is 114 cm³/mol. The van der Waals surface area contributed by atoms with Crippen molar-refractivity contribution in [3.63, 3.8) is 0 Å². The molecule has 8 heteroatoms. The SMILES string of the molecule is COc1ccc(CCNC(=O)C2CCCN(c3ccc(-n4cccn4)nn3)C2)cc1. The number of amides is 1. The number of anilines is 1. The molecule has 0 saturated carbocycles. The van der Waals surface area contributed by atoms with E-state index in [9.17, 15) is 4.79 Å². The van der Waals surface area contributed by atoms with Crippen LogP contribution in [0.15, 0.2) is 54.9 Å². The van der Waals surface area contributed by atoms with Crippen molar-refractivity contribution in [3.05, 3.63) is 60.4 Å². The summed E-state index contributed by atoms with van der Waals surface area (Å²) >= 11 is 0. The molecule has 0 aliphatic carbocycles. The first kappa shape index (κ1) is 19.9. The lowest BCUT2D eigenvalue weighted by Gasteiger charge is -2.32. The molecule has 156 valence electrons. The molecule has 1 aromatic carbocycles. The summed E-state index contributed by atoms with van der Waals surface area (Å²) in [6.45, 7) is 2.16. The molecule has 1 fully saturated rings. The number of hydrogen-bond donors (Lipinski definition) is 1. The Kier molecular flexibility index (Phi) is 6.22. The van der Waals surface area contributed by atoms with Gasteiger partial charge in [0.2, 0.25) is 5.91 Å². The van der Waals surface area contributed by atoms with Crippen LogP contribution in [0.1, 0.15) is 18.4 Å². The van der Waals surface area contributed by atoms with Crippen molar-refractivity contribution in [3.8, 4) is 11.6 Å². The Balaban J connectivity index is 1.29. The van der Waals surface area contributed by atoms with Gasteiger partial charge in [-0.3, -0.25) is 4.79 Å². The predicted octanol–water partition coefficient (Wildman–Crippen LogP) is 2.25. The molecule has 1 atom stereocenters. The van der Waals surface area contributed by atoms with E-state index in [1.165, 1.54) is 5.56 Å². The van der Waals surface area contributed by atoms with Crippen molar-refractivity contribution in [1.29, 1.82) is 0 Å². The quantitative estimate of drug-likeness (QED) is 0.648. The molecule has 1 N–H and O–H groups in total. The minimum Gasteiger partial charge on any atom is -0.497 e. The molecule has 1 aliphatic rings. The number of rotatable bonds is 7. The molecule has 0 spiro atoms. The van der Waals surface area contributed by atoms with Crippen molar-refractivity contribution < 1.29 is 9.53 Å². The first-order valence-electron chi connectivity index (χ1n) is 10.2. The first-order chi connectivity index (χ1) is 14.7. The Morgan fingerprint density at radius 1 is 1.17 bits per heavy atom. The highest BCUT2D eigenvalue weighted by Crippen LogP contribution is 2.22. The number of nitrogens with zero attached hydrogens (tertiary/aromatic N) is 5. The van der Waals surface area contributed by atoms with Gasteiger partial charge >= 0.3 is 0 Å².